The Morgan fingerprint density at radius 2 is 1.32 bits per heavy atom. The molecule has 8 aromatic carbocycles. The third-order valence-electron chi connectivity index (χ3n) is 10.6. The topological polar surface area (TPSA) is 284 Å². The van der Waals surface area contributed by atoms with E-state index >= 15 is 0 Å². The van der Waals surface area contributed by atoms with E-state index in [0.717, 1.165) is 22.4 Å². The van der Waals surface area contributed by atoms with E-state index < -0.39 is 36.6 Å². The van der Waals surface area contributed by atoms with Crippen molar-refractivity contribution in [2.45, 2.75) is 23.3 Å². The van der Waals surface area contributed by atoms with Gasteiger partial charge in [0.2, 0.25) is 0 Å². The van der Waals surface area contributed by atoms with Crippen molar-refractivity contribution in [3.05, 3.63) is 132 Å². The van der Waals surface area contributed by atoms with Crippen molar-refractivity contribution in [1.29, 1.82) is 0 Å². The molecule has 0 bridgehead atoms. The molecule has 0 fully saturated rings. The zero-order chi connectivity index (χ0) is 46.5. The quantitative estimate of drug-likeness (QED) is 0.0598. The molecule has 0 aliphatic carbocycles. The van der Waals surface area contributed by atoms with E-state index in [-0.39, 0.29) is 55.9 Å². The van der Waals surface area contributed by atoms with Gasteiger partial charge in [-0.1, -0.05) is 42.5 Å². The number of methoxy groups -OCH3 is 1. The SMILES string of the molecule is COc1cc(N=Nc2ccc3ccccc3c2)c(C)cc1N=Nc1cc(O)c(N=Nc2ccc3cc(-n4nc5ccc6c(S(=O)(=O)O)cc(S(=O)(=O)O)cc6c5n4)ccc3c2O)cc1CO. The molecule has 21 heteroatoms. The lowest BCUT2D eigenvalue weighted by Crippen LogP contribution is -2.04. The first kappa shape index (κ1) is 43.2. The summed E-state index contributed by atoms with van der Waals surface area (Å²) in [6.45, 7) is 1.36. The molecule has 1 aromatic heterocycles. The van der Waals surface area contributed by atoms with E-state index in [4.69, 9.17) is 4.74 Å². The number of aryl methyl sites for hydroxylation is 1. The third kappa shape index (κ3) is 8.37. The molecule has 0 saturated carbocycles. The number of nitrogens with zero attached hydrogens (tertiary/aromatic N) is 9. The number of benzene rings is 8. The standard InChI is InChI=1S/C45H33N9O10S2/c1-24-15-40(42(64-2)22-37(24)48-46-29-9-7-25-5-3-4-6-26(25)16-29)51-49-38-21-41(56)39(18-28(38)23-55)50-47-36-13-8-27-17-30(10-11-32(27)45(36)57)54-52-35-14-12-33-34(44(35)53-54)19-31(65(58,59)60)20-43(33)66(61,62)63/h3-22,55-57H,23H2,1-2H3,(H,58,59,60)(H,61,62,63). The Balaban J connectivity index is 0.958. The fourth-order valence-corrected chi connectivity index (χ4v) is 8.55. The van der Waals surface area contributed by atoms with E-state index in [2.05, 4.69) is 40.9 Å². The highest BCUT2D eigenvalue weighted by atomic mass is 32.2. The fraction of sp³-hybridized carbons (Fsp3) is 0.0667. The Labute approximate surface area is 373 Å². The minimum atomic E-state index is -4.92. The van der Waals surface area contributed by atoms with Crippen molar-refractivity contribution in [2.24, 2.45) is 30.7 Å². The molecular formula is C45H33N9O10S2. The molecule has 19 nitrogen and oxygen atoms in total. The van der Waals surface area contributed by atoms with Crippen LogP contribution in [0.3, 0.4) is 0 Å². The second-order valence-corrected chi connectivity index (χ2v) is 17.6. The normalized spacial score (nSPS) is 12.6. The van der Waals surface area contributed by atoms with Crippen molar-refractivity contribution < 1.29 is 46.0 Å². The van der Waals surface area contributed by atoms with Crippen LogP contribution in [0.15, 0.2) is 162 Å². The van der Waals surface area contributed by atoms with Gasteiger partial charge in [-0.15, -0.1) is 30.7 Å². The Kier molecular flexibility index (Phi) is 11.0. The van der Waals surface area contributed by atoms with Crippen LogP contribution >= 0.6 is 0 Å². The minimum Gasteiger partial charge on any atom is -0.506 e. The molecule has 9 aromatic rings. The maximum Gasteiger partial charge on any atom is 0.295 e. The first-order chi connectivity index (χ1) is 31.6. The maximum atomic E-state index is 12.2. The molecule has 66 heavy (non-hydrogen) atoms. The summed E-state index contributed by atoms with van der Waals surface area (Å²) in [4.78, 5) is -0.300. The summed E-state index contributed by atoms with van der Waals surface area (Å²) in [5.74, 6) is -0.222. The highest BCUT2D eigenvalue weighted by molar-refractivity contribution is 7.86. The van der Waals surface area contributed by atoms with E-state index in [1.54, 1.807) is 36.4 Å². The Hall–Kier alpha value is -8.08. The molecule has 0 unspecified atom stereocenters. The van der Waals surface area contributed by atoms with Crippen LogP contribution < -0.4 is 4.74 Å². The molecule has 0 spiro atoms. The van der Waals surface area contributed by atoms with Crippen LogP contribution in [0.5, 0.6) is 17.2 Å². The third-order valence-corrected chi connectivity index (χ3v) is 12.3. The summed E-state index contributed by atoms with van der Waals surface area (Å²) in [5, 5.41) is 70.0. The number of phenols is 2. The number of phenolic OH excluding ortho intramolecular Hbond substituents is 2. The van der Waals surface area contributed by atoms with E-state index in [0.29, 0.717) is 45.3 Å². The van der Waals surface area contributed by atoms with Gasteiger partial charge in [0.1, 0.15) is 44.5 Å². The number of rotatable bonds is 11. The van der Waals surface area contributed by atoms with Gasteiger partial charge >= 0.3 is 0 Å². The van der Waals surface area contributed by atoms with Crippen molar-refractivity contribution in [1.82, 2.24) is 15.0 Å². The monoisotopic (exact) mass is 923 g/mol. The highest BCUT2D eigenvalue weighted by Crippen LogP contribution is 2.42. The second kappa shape index (κ2) is 16.8. The predicted octanol–water partition coefficient (Wildman–Crippen LogP) is 10.8. The molecule has 0 aliphatic rings. The van der Waals surface area contributed by atoms with E-state index in [1.807, 2.05) is 49.4 Å². The van der Waals surface area contributed by atoms with Gasteiger partial charge < -0.3 is 20.1 Å². The molecule has 330 valence electrons. The first-order valence-corrected chi connectivity index (χ1v) is 22.4. The number of hydrogen-bond acceptors (Lipinski definition) is 16. The lowest BCUT2D eigenvalue weighted by Gasteiger charge is -2.09. The molecular weight excluding hydrogens is 891 g/mol. The van der Waals surface area contributed by atoms with Crippen LogP contribution in [-0.4, -0.2) is 63.4 Å². The largest absolute Gasteiger partial charge is 0.506 e. The summed E-state index contributed by atoms with van der Waals surface area (Å²) < 4.78 is 73.4. The van der Waals surface area contributed by atoms with Crippen LogP contribution in [0.25, 0.3) is 49.0 Å². The molecule has 9 rings (SSSR count). The maximum absolute atomic E-state index is 12.2. The van der Waals surface area contributed by atoms with Crippen LogP contribution in [0, 0.1) is 6.92 Å². The van der Waals surface area contributed by atoms with Crippen molar-refractivity contribution in [3.8, 4) is 22.9 Å². The Bertz CT molecular complexity index is 3800. The molecule has 0 radical (unpaired) electrons. The van der Waals surface area contributed by atoms with Gasteiger partial charge in [0.15, 0.2) is 5.75 Å². The molecule has 0 aliphatic heterocycles. The Morgan fingerprint density at radius 3 is 2.08 bits per heavy atom. The number of aliphatic hydroxyl groups excluding tert-OH is 1. The van der Waals surface area contributed by atoms with Gasteiger partial charge in [-0.3, -0.25) is 9.11 Å². The average Bonchev–Trinajstić information content (AvgIpc) is 3.75. The zero-order valence-corrected chi connectivity index (χ0v) is 36.0. The number of aromatic hydroxyl groups is 2. The highest BCUT2D eigenvalue weighted by Gasteiger charge is 2.23. The van der Waals surface area contributed by atoms with Crippen molar-refractivity contribution in [2.75, 3.05) is 7.11 Å². The van der Waals surface area contributed by atoms with Gasteiger partial charge in [0.05, 0.1) is 41.4 Å². The molecule has 0 amide bonds. The number of azo groups is 3. The van der Waals surface area contributed by atoms with Crippen LogP contribution in [0.1, 0.15) is 11.1 Å². The number of fused-ring (bicyclic) bond motifs is 5. The predicted molar refractivity (Wildman–Crippen MR) is 243 cm³/mol. The second-order valence-electron chi connectivity index (χ2n) is 14.8. The van der Waals surface area contributed by atoms with Gasteiger partial charge in [-0.05, 0) is 95.4 Å². The van der Waals surface area contributed by atoms with E-state index in [1.165, 1.54) is 42.2 Å². The molecule has 5 N–H and O–H groups in total. The summed E-state index contributed by atoms with van der Waals surface area (Å²) >= 11 is 0. The number of aromatic nitrogens is 3. The average molecular weight is 924 g/mol. The van der Waals surface area contributed by atoms with Crippen LogP contribution in [0.4, 0.5) is 34.1 Å². The minimum absolute atomic E-state index is 0.0127. The van der Waals surface area contributed by atoms with Crippen LogP contribution in [-0.2, 0) is 26.8 Å². The molecule has 0 atom stereocenters. The number of hydrogen-bond donors (Lipinski definition) is 5. The summed E-state index contributed by atoms with van der Waals surface area (Å²) in [5.41, 5.74) is 3.49. The summed E-state index contributed by atoms with van der Waals surface area (Å²) in [7, 11) is -8.32. The summed E-state index contributed by atoms with van der Waals surface area (Å²) in [6.07, 6.45) is 0. The lowest BCUT2D eigenvalue weighted by atomic mass is 10.1. The molecule has 0 saturated heterocycles. The smallest absolute Gasteiger partial charge is 0.295 e. The van der Waals surface area contributed by atoms with Crippen LogP contribution in [0.2, 0.25) is 0 Å². The lowest BCUT2D eigenvalue weighted by molar-refractivity contribution is 0.282. The van der Waals surface area contributed by atoms with Crippen molar-refractivity contribution >= 4 is 97.7 Å². The van der Waals surface area contributed by atoms with Gasteiger partial charge in [0.25, 0.3) is 20.2 Å². The fourth-order valence-electron chi connectivity index (χ4n) is 7.21. The van der Waals surface area contributed by atoms with Gasteiger partial charge in [-0.25, -0.2) is 0 Å². The number of ether oxygens (including phenoxy) is 1. The Morgan fingerprint density at radius 1 is 0.606 bits per heavy atom. The van der Waals surface area contributed by atoms with Gasteiger partial charge in [-0.2, -0.15) is 31.9 Å². The summed E-state index contributed by atoms with van der Waals surface area (Å²) in [6, 6.07) is 32.2. The number of aliphatic hydroxyl groups is 1. The zero-order valence-electron chi connectivity index (χ0n) is 34.4. The van der Waals surface area contributed by atoms with Gasteiger partial charge in [0, 0.05) is 33.9 Å². The van der Waals surface area contributed by atoms with E-state index in [9.17, 15) is 41.3 Å². The van der Waals surface area contributed by atoms with Crippen molar-refractivity contribution in [3.63, 3.8) is 0 Å². The first-order valence-electron chi connectivity index (χ1n) is 19.5. The molecule has 1 heterocycles.